The molecule has 6 heteroatoms. The standard InChI is InChI=1S/C20H15NO5/c22-18(16-11-17(21(25)26)20(24)19(23)12-16)10-13-6-8-15(9-7-13)14-4-2-1-3-5-14/h1-9,11-12,23-24H,10H2. The first-order chi connectivity index (χ1) is 12.5. The monoisotopic (exact) mass is 349 g/mol. The predicted octanol–water partition coefficient (Wildman–Crippen LogP) is 4.10. The van der Waals surface area contributed by atoms with Crippen LogP contribution in [0.2, 0.25) is 0 Å². The molecule has 130 valence electrons. The van der Waals surface area contributed by atoms with E-state index in [0.717, 1.165) is 28.8 Å². The van der Waals surface area contributed by atoms with Crippen LogP contribution >= 0.6 is 0 Å². The second-order valence-corrected chi connectivity index (χ2v) is 5.78. The van der Waals surface area contributed by atoms with E-state index in [2.05, 4.69) is 0 Å². The van der Waals surface area contributed by atoms with Gasteiger partial charge in [0, 0.05) is 18.1 Å². The van der Waals surface area contributed by atoms with Crippen molar-refractivity contribution in [3.05, 3.63) is 88.0 Å². The van der Waals surface area contributed by atoms with Crippen molar-refractivity contribution in [2.75, 3.05) is 0 Å². The molecule has 0 fully saturated rings. The van der Waals surface area contributed by atoms with Gasteiger partial charge >= 0.3 is 5.69 Å². The first kappa shape index (κ1) is 17.2. The summed E-state index contributed by atoms with van der Waals surface area (Å²) < 4.78 is 0. The molecule has 0 spiro atoms. The number of hydrogen-bond acceptors (Lipinski definition) is 5. The number of aromatic hydroxyl groups is 2. The van der Waals surface area contributed by atoms with Gasteiger partial charge in [-0.05, 0) is 22.8 Å². The van der Waals surface area contributed by atoms with Crippen LogP contribution in [0.3, 0.4) is 0 Å². The van der Waals surface area contributed by atoms with E-state index in [-0.39, 0.29) is 12.0 Å². The third-order valence-electron chi connectivity index (χ3n) is 4.01. The minimum Gasteiger partial charge on any atom is -0.504 e. The smallest absolute Gasteiger partial charge is 0.315 e. The molecule has 0 radical (unpaired) electrons. The van der Waals surface area contributed by atoms with Gasteiger partial charge < -0.3 is 10.2 Å². The Morgan fingerprint density at radius 2 is 1.54 bits per heavy atom. The molecule has 6 nitrogen and oxygen atoms in total. The number of nitro benzene ring substituents is 1. The number of rotatable bonds is 5. The van der Waals surface area contributed by atoms with Gasteiger partial charge in [0.05, 0.1) is 4.92 Å². The molecule has 0 amide bonds. The van der Waals surface area contributed by atoms with E-state index < -0.39 is 27.9 Å². The molecule has 0 aliphatic heterocycles. The van der Waals surface area contributed by atoms with Crippen molar-refractivity contribution in [3.8, 4) is 22.6 Å². The number of nitro groups is 1. The second kappa shape index (κ2) is 7.06. The predicted molar refractivity (Wildman–Crippen MR) is 96.3 cm³/mol. The van der Waals surface area contributed by atoms with Crippen molar-refractivity contribution in [2.24, 2.45) is 0 Å². The fourth-order valence-electron chi connectivity index (χ4n) is 2.64. The van der Waals surface area contributed by atoms with Gasteiger partial charge in [-0.1, -0.05) is 54.6 Å². The van der Waals surface area contributed by atoms with Crippen LogP contribution in [-0.4, -0.2) is 20.9 Å². The maximum absolute atomic E-state index is 12.4. The highest BCUT2D eigenvalue weighted by Crippen LogP contribution is 2.36. The lowest BCUT2D eigenvalue weighted by Gasteiger charge is -2.06. The molecule has 0 unspecified atom stereocenters. The van der Waals surface area contributed by atoms with Crippen LogP contribution in [0, 0.1) is 10.1 Å². The van der Waals surface area contributed by atoms with Crippen LogP contribution in [-0.2, 0) is 6.42 Å². The van der Waals surface area contributed by atoms with Crippen molar-refractivity contribution in [2.45, 2.75) is 6.42 Å². The molecule has 3 aromatic carbocycles. The van der Waals surface area contributed by atoms with E-state index in [1.165, 1.54) is 0 Å². The average Bonchev–Trinajstić information content (AvgIpc) is 2.65. The van der Waals surface area contributed by atoms with Crippen LogP contribution in [0.1, 0.15) is 15.9 Å². The van der Waals surface area contributed by atoms with E-state index in [4.69, 9.17) is 0 Å². The Kier molecular flexibility index (Phi) is 4.66. The summed E-state index contributed by atoms with van der Waals surface area (Å²) in [7, 11) is 0. The van der Waals surface area contributed by atoms with Crippen molar-refractivity contribution < 1.29 is 19.9 Å². The quantitative estimate of drug-likeness (QED) is 0.313. The number of carbonyl (C=O) groups excluding carboxylic acids is 1. The number of ketones is 1. The van der Waals surface area contributed by atoms with E-state index in [1.54, 1.807) is 0 Å². The number of Topliss-reactive ketones (excluding diaryl/α,β-unsaturated/α-hetero) is 1. The SMILES string of the molecule is O=C(Cc1ccc(-c2ccccc2)cc1)c1cc(O)c(O)c([N+](=O)[O-])c1. The highest BCUT2D eigenvalue weighted by atomic mass is 16.6. The minimum absolute atomic E-state index is 0.0242. The molecule has 0 bridgehead atoms. The summed E-state index contributed by atoms with van der Waals surface area (Å²) in [6.07, 6.45) is 0.0242. The summed E-state index contributed by atoms with van der Waals surface area (Å²) >= 11 is 0. The molecule has 0 saturated carbocycles. The first-order valence-corrected chi connectivity index (χ1v) is 7.83. The van der Waals surface area contributed by atoms with Crippen molar-refractivity contribution in [1.82, 2.24) is 0 Å². The molecule has 0 aromatic heterocycles. The summed E-state index contributed by atoms with van der Waals surface area (Å²) in [5.74, 6) is -1.93. The lowest BCUT2D eigenvalue weighted by Crippen LogP contribution is -2.04. The van der Waals surface area contributed by atoms with Gasteiger partial charge in [0.15, 0.2) is 11.5 Å². The Morgan fingerprint density at radius 3 is 2.15 bits per heavy atom. The summed E-state index contributed by atoms with van der Waals surface area (Å²) in [6, 6.07) is 19.2. The Morgan fingerprint density at radius 1 is 0.923 bits per heavy atom. The topological polar surface area (TPSA) is 101 Å². The van der Waals surface area contributed by atoms with E-state index in [9.17, 15) is 25.1 Å². The molecule has 0 saturated heterocycles. The molecule has 0 heterocycles. The van der Waals surface area contributed by atoms with E-state index >= 15 is 0 Å². The summed E-state index contributed by atoms with van der Waals surface area (Å²) in [5.41, 5.74) is 2.08. The van der Waals surface area contributed by atoms with Crippen LogP contribution in [0.25, 0.3) is 11.1 Å². The zero-order chi connectivity index (χ0) is 18.7. The zero-order valence-corrected chi connectivity index (χ0v) is 13.6. The molecule has 3 aromatic rings. The van der Waals surface area contributed by atoms with Gasteiger partial charge in [-0.3, -0.25) is 14.9 Å². The maximum atomic E-state index is 12.4. The van der Waals surface area contributed by atoms with Crippen LogP contribution in [0.4, 0.5) is 5.69 Å². The largest absolute Gasteiger partial charge is 0.504 e. The number of phenols is 2. The van der Waals surface area contributed by atoms with Crippen molar-refractivity contribution >= 4 is 11.5 Å². The van der Waals surface area contributed by atoms with Gasteiger partial charge in [0.1, 0.15) is 0 Å². The Bertz CT molecular complexity index is 965. The van der Waals surface area contributed by atoms with Gasteiger partial charge in [-0.15, -0.1) is 0 Å². The lowest BCUT2D eigenvalue weighted by molar-refractivity contribution is -0.386. The first-order valence-electron chi connectivity index (χ1n) is 7.83. The lowest BCUT2D eigenvalue weighted by atomic mass is 9.99. The molecule has 0 atom stereocenters. The highest BCUT2D eigenvalue weighted by Gasteiger charge is 2.21. The zero-order valence-electron chi connectivity index (χ0n) is 13.6. The molecule has 3 rings (SSSR count). The Labute approximate surface area is 149 Å². The van der Waals surface area contributed by atoms with Crippen molar-refractivity contribution in [1.29, 1.82) is 0 Å². The van der Waals surface area contributed by atoms with Gasteiger partial charge in [-0.2, -0.15) is 0 Å². The fourth-order valence-corrected chi connectivity index (χ4v) is 2.64. The number of hydrogen-bond donors (Lipinski definition) is 2. The van der Waals surface area contributed by atoms with Gasteiger partial charge in [-0.25, -0.2) is 0 Å². The highest BCUT2D eigenvalue weighted by molar-refractivity contribution is 5.99. The summed E-state index contributed by atoms with van der Waals surface area (Å²) in [5, 5.41) is 30.0. The molecular weight excluding hydrogens is 334 g/mol. The maximum Gasteiger partial charge on any atom is 0.315 e. The molecule has 2 N–H and O–H groups in total. The Balaban J connectivity index is 1.81. The Hall–Kier alpha value is -3.67. The van der Waals surface area contributed by atoms with Crippen LogP contribution < -0.4 is 0 Å². The number of carbonyl (C=O) groups is 1. The third kappa shape index (κ3) is 3.54. The third-order valence-corrected chi connectivity index (χ3v) is 4.01. The normalized spacial score (nSPS) is 10.5. The van der Waals surface area contributed by atoms with Crippen molar-refractivity contribution in [3.63, 3.8) is 0 Å². The van der Waals surface area contributed by atoms with Gasteiger partial charge in [0.2, 0.25) is 5.75 Å². The molecular formula is C20H15NO5. The summed E-state index contributed by atoms with van der Waals surface area (Å²) in [4.78, 5) is 22.4. The number of phenolic OH excluding ortho intramolecular Hbond substituents is 2. The minimum atomic E-state index is -0.848. The molecule has 0 aliphatic carbocycles. The molecule has 26 heavy (non-hydrogen) atoms. The number of nitrogens with zero attached hydrogens (tertiary/aromatic N) is 1. The second-order valence-electron chi connectivity index (χ2n) is 5.78. The van der Waals surface area contributed by atoms with E-state index in [1.807, 2.05) is 54.6 Å². The van der Waals surface area contributed by atoms with Gasteiger partial charge in [0.25, 0.3) is 0 Å². The number of benzene rings is 3. The summed E-state index contributed by atoms with van der Waals surface area (Å²) in [6.45, 7) is 0. The van der Waals surface area contributed by atoms with E-state index in [0.29, 0.717) is 0 Å². The van der Waals surface area contributed by atoms with Crippen LogP contribution in [0.5, 0.6) is 11.5 Å². The average molecular weight is 349 g/mol. The fraction of sp³-hybridized carbons (Fsp3) is 0.0500. The van der Waals surface area contributed by atoms with Crippen LogP contribution in [0.15, 0.2) is 66.7 Å². The molecule has 0 aliphatic rings.